The van der Waals surface area contributed by atoms with E-state index in [0.29, 0.717) is 12.5 Å². The Morgan fingerprint density at radius 1 is 1.11 bits per heavy atom. The summed E-state index contributed by atoms with van der Waals surface area (Å²) < 4.78 is 0. The molecule has 1 aromatic heterocycles. The number of para-hydroxylation sites is 1. The molecule has 0 bridgehead atoms. The molecule has 28 heavy (non-hydrogen) atoms. The van der Waals surface area contributed by atoms with Crippen LogP contribution in [-0.2, 0) is 0 Å². The molecular weight excluding hydrogens is 348 g/mol. The summed E-state index contributed by atoms with van der Waals surface area (Å²) in [5.41, 5.74) is 3.80. The molecular formula is C23H24N4O. The molecule has 1 N–H and O–H groups in total. The van der Waals surface area contributed by atoms with Crippen molar-refractivity contribution in [1.29, 1.82) is 0 Å². The molecule has 1 fully saturated rings. The van der Waals surface area contributed by atoms with Crippen molar-refractivity contribution in [3.05, 3.63) is 83.7 Å². The SMILES string of the molecule is Cc1cccc(C(=O)N2CCCC(c3ccnc(Nc4ccccc4)n3)C2)c1. The van der Waals surface area contributed by atoms with Crippen molar-refractivity contribution in [3.8, 4) is 0 Å². The Hall–Kier alpha value is -3.21. The summed E-state index contributed by atoms with van der Waals surface area (Å²) in [4.78, 5) is 23.9. The number of hydrogen-bond donors (Lipinski definition) is 1. The number of hydrogen-bond acceptors (Lipinski definition) is 4. The smallest absolute Gasteiger partial charge is 0.253 e. The number of rotatable bonds is 4. The van der Waals surface area contributed by atoms with Crippen LogP contribution in [-0.4, -0.2) is 33.9 Å². The van der Waals surface area contributed by atoms with Crippen LogP contribution >= 0.6 is 0 Å². The number of piperidine rings is 1. The molecule has 0 spiro atoms. The fourth-order valence-corrected chi connectivity index (χ4v) is 3.67. The van der Waals surface area contributed by atoms with Gasteiger partial charge in [-0.15, -0.1) is 0 Å². The third kappa shape index (κ3) is 4.19. The summed E-state index contributed by atoms with van der Waals surface area (Å²) in [6.07, 6.45) is 3.79. The predicted octanol–water partition coefficient (Wildman–Crippen LogP) is 4.55. The van der Waals surface area contributed by atoms with Crippen molar-refractivity contribution in [2.24, 2.45) is 0 Å². The Labute approximate surface area is 165 Å². The number of carbonyl (C=O) groups excluding carboxylic acids is 1. The molecule has 2 aromatic carbocycles. The summed E-state index contributed by atoms with van der Waals surface area (Å²) in [7, 11) is 0. The second kappa shape index (κ2) is 8.21. The van der Waals surface area contributed by atoms with Crippen LogP contribution in [0.2, 0.25) is 0 Å². The Morgan fingerprint density at radius 2 is 1.96 bits per heavy atom. The maximum atomic E-state index is 12.9. The molecule has 1 aliphatic heterocycles. The second-order valence-electron chi connectivity index (χ2n) is 7.26. The van der Waals surface area contributed by atoms with Gasteiger partial charge in [0.15, 0.2) is 0 Å². The van der Waals surface area contributed by atoms with E-state index >= 15 is 0 Å². The number of amides is 1. The van der Waals surface area contributed by atoms with E-state index in [1.54, 1.807) is 6.20 Å². The number of aromatic nitrogens is 2. The zero-order valence-corrected chi connectivity index (χ0v) is 16.0. The summed E-state index contributed by atoms with van der Waals surface area (Å²) >= 11 is 0. The maximum Gasteiger partial charge on any atom is 0.253 e. The van der Waals surface area contributed by atoms with Gasteiger partial charge in [0.2, 0.25) is 5.95 Å². The van der Waals surface area contributed by atoms with Crippen molar-refractivity contribution in [2.45, 2.75) is 25.7 Å². The first-order chi connectivity index (χ1) is 13.7. The minimum atomic E-state index is 0.102. The molecule has 5 nitrogen and oxygen atoms in total. The zero-order chi connectivity index (χ0) is 19.3. The number of carbonyl (C=O) groups is 1. The van der Waals surface area contributed by atoms with Crippen molar-refractivity contribution in [2.75, 3.05) is 18.4 Å². The van der Waals surface area contributed by atoms with Gasteiger partial charge in [-0.2, -0.15) is 0 Å². The molecule has 3 aromatic rings. The van der Waals surface area contributed by atoms with E-state index in [1.807, 2.05) is 72.5 Å². The fourth-order valence-electron chi connectivity index (χ4n) is 3.67. The van der Waals surface area contributed by atoms with Gasteiger partial charge < -0.3 is 10.2 Å². The maximum absolute atomic E-state index is 12.9. The van der Waals surface area contributed by atoms with Crippen LogP contribution in [0.4, 0.5) is 11.6 Å². The average Bonchev–Trinajstić information content (AvgIpc) is 2.74. The number of benzene rings is 2. The zero-order valence-electron chi connectivity index (χ0n) is 16.0. The van der Waals surface area contributed by atoms with Gasteiger partial charge >= 0.3 is 0 Å². The molecule has 1 amide bonds. The van der Waals surface area contributed by atoms with Crippen LogP contribution in [0.25, 0.3) is 0 Å². The highest BCUT2D eigenvalue weighted by Crippen LogP contribution is 2.27. The summed E-state index contributed by atoms with van der Waals surface area (Å²) in [5, 5.41) is 3.25. The van der Waals surface area contributed by atoms with Crippen molar-refractivity contribution < 1.29 is 4.79 Å². The molecule has 142 valence electrons. The summed E-state index contributed by atoms with van der Waals surface area (Å²) in [6, 6.07) is 19.7. The normalized spacial score (nSPS) is 16.6. The lowest BCUT2D eigenvalue weighted by Gasteiger charge is -2.32. The molecule has 0 aliphatic carbocycles. The topological polar surface area (TPSA) is 58.1 Å². The number of likely N-dealkylation sites (tertiary alicyclic amines) is 1. The molecule has 4 rings (SSSR count). The second-order valence-corrected chi connectivity index (χ2v) is 7.26. The molecule has 2 heterocycles. The van der Waals surface area contributed by atoms with Gasteiger partial charge in [0.05, 0.1) is 5.69 Å². The fraction of sp³-hybridized carbons (Fsp3) is 0.261. The highest BCUT2D eigenvalue weighted by Gasteiger charge is 2.26. The lowest BCUT2D eigenvalue weighted by molar-refractivity contribution is 0.0706. The third-order valence-corrected chi connectivity index (χ3v) is 5.10. The van der Waals surface area contributed by atoms with E-state index < -0.39 is 0 Å². The lowest BCUT2D eigenvalue weighted by atomic mass is 9.94. The van der Waals surface area contributed by atoms with E-state index in [0.717, 1.165) is 41.9 Å². The first-order valence-corrected chi connectivity index (χ1v) is 9.70. The van der Waals surface area contributed by atoms with Crippen LogP contribution < -0.4 is 5.32 Å². The minimum Gasteiger partial charge on any atom is -0.338 e. The van der Waals surface area contributed by atoms with Crippen molar-refractivity contribution in [3.63, 3.8) is 0 Å². The Bertz CT molecular complexity index is 958. The van der Waals surface area contributed by atoms with Crippen LogP contribution in [0, 0.1) is 6.92 Å². The lowest BCUT2D eigenvalue weighted by Crippen LogP contribution is -2.39. The van der Waals surface area contributed by atoms with Gasteiger partial charge in [-0.05, 0) is 50.1 Å². The number of anilines is 2. The number of nitrogens with zero attached hydrogens (tertiary/aromatic N) is 3. The van der Waals surface area contributed by atoms with E-state index in [2.05, 4.69) is 10.3 Å². The first-order valence-electron chi connectivity index (χ1n) is 9.70. The molecule has 1 aliphatic rings. The van der Waals surface area contributed by atoms with Crippen molar-refractivity contribution >= 4 is 17.5 Å². The van der Waals surface area contributed by atoms with Crippen LogP contribution in [0.5, 0.6) is 0 Å². The Morgan fingerprint density at radius 3 is 2.79 bits per heavy atom. The van der Waals surface area contributed by atoms with E-state index in [4.69, 9.17) is 4.98 Å². The molecule has 0 radical (unpaired) electrons. The Kier molecular flexibility index (Phi) is 5.33. The largest absolute Gasteiger partial charge is 0.338 e. The minimum absolute atomic E-state index is 0.102. The Balaban J connectivity index is 1.48. The molecule has 5 heteroatoms. The first kappa shape index (κ1) is 18.2. The van der Waals surface area contributed by atoms with Gasteiger partial charge in [-0.3, -0.25) is 4.79 Å². The highest BCUT2D eigenvalue weighted by atomic mass is 16.2. The molecule has 1 saturated heterocycles. The van der Waals surface area contributed by atoms with Gasteiger partial charge in [0.1, 0.15) is 0 Å². The number of nitrogens with one attached hydrogen (secondary N) is 1. The van der Waals surface area contributed by atoms with Crippen LogP contribution in [0.15, 0.2) is 66.9 Å². The standard InChI is InChI=1S/C23H24N4O/c1-17-7-5-8-18(15-17)22(28)27-14-6-9-19(16-27)21-12-13-24-23(26-21)25-20-10-3-2-4-11-20/h2-5,7-8,10-13,15,19H,6,9,14,16H2,1H3,(H,24,25,26). The highest BCUT2D eigenvalue weighted by molar-refractivity contribution is 5.94. The summed E-state index contributed by atoms with van der Waals surface area (Å²) in [6.45, 7) is 3.50. The van der Waals surface area contributed by atoms with Crippen LogP contribution in [0.1, 0.15) is 40.4 Å². The third-order valence-electron chi connectivity index (χ3n) is 5.10. The van der Waals surface area contributed by atoms with E-state index in [-0.39, 0.29) is 11.8 Å². The van der Waals surface area contributed by atoms with Gasteiger partial charge in [-0.25, -0.2) is 9.97 Å². The molecule has 1 atom stereocenters. The van der Waals surface area contributed by atoms with Crippen LogP contribution in [0.3, 0.4) is 0 Å². The van der Waals surface area contributed by atoms with Gasteiger partial charge in [-0.1, -0.05) is 35.9 Å². The van der Waals surface area contributed by atoms with Crippen molar-refractivity contribution in [1.82, 2.24) is 14.9 Å². The van der Waals surface area contributed by atoms with Gasteiger partial charge in [0, 0.05) is 36.5 Å². The number of aryl methyl sites for hydroxylation is 1. The summed E-state index contributed by atoms with van der Waals surface area (Å²) in [5.74, 6) is 0.915. The molecule has 0 saturated carbocycles. The monoisotopic (exact) mass is 372 g/mol. The average molecular weight is 372 g/mol. The van der Waals surface area contributed by atoms with E-state index in [1.165, 1.54) is 0 Å². The quantitative estimate of drug-likeness (QED) is 0.730. The van der Waals surface area contributed by atoms with E-state index in [9.17, 15) is 4.79 Å². The molecule has 1 unspecified atom stereocenters. The predicted molar refractivity (Wildman–Crippen MR) is 111 cm³/mol. The van der Waals surface area contributed by atoms with Gasteiger partial charge in [0.25, 0.3) is 5.91 Å².